The van der Waals surface area contributed by atoms with E-state index in [0.717, 1.165) is 9.40 Å². The fourth-order valence-electron chi connectivity index (χ4n) is 2.06. The van der Waals surface area contributed by atoms with Crippen molar-refractivity contribution in [3.05, 3.63) is 22.4 Å². The highest BCUT2D eigenvalue weighted by Crippen LogP contribution is 2.30. The van der Waals surface area contributed by atoms with E-state index in [2.05, 4.69) is 5.32 Å². The van der Waals surface area contributed by atoms with Gasteiger partial charge in [0.05, 0.1) is 24.1 Å². The molecular weight excluding hydrogens is 286 g/mol. The van der Waals surface area contributed by atoms with E-state index >= 15 is 0 Å². The molecule has 2 unspecified atom stereocenters. The molecule has 1 saturated heterocycles. The summed E-state index contributed by atoms with van der Waals surface area (Å²) in [5.41, 5.74) is 0. The minimum atomic E-state index is -0.935. The van der Waals surface area contributed by atoms with Crippen molar-refractivity contribution < 1.29 is 19.4 Å². The van der Waals surface area contributed by atoms with Crippen LogP contribution in [0.15, 0.2) is 17.5 Å². The van der Waals surface area contributed by atoms with E-state index in [1.807, 2.05) is 17.5 Å². The van der Waals surface area contributed by atoms with Crippen molar-refractivity contribution in [1.82, 2.24) is 5.32 Å². The third-order valence-corrected chi connectivity index (χ3v) is 5.17. The second-order valence-electron chi connectivity index (χ2n) is 4.32. The number of hydrogen-bond donors (Lipinski definition) is 2. The van der Waals surface area contributed by atoms with Crippen molar-refractivity contribution in [1.29, 1.82) is 0 Å². The zero-order valence-electron chi connectivity index (χ0n) is 9.79. The number of carboxylic acids is 1. The maximum absolute atomic E-state index is 12.1. The average molecular weight is 297 g/mol. The van der Waals surface area contributed by atoms with Gasteiger partial charge in [-0.05, 0) is 17.5 Å². The Kier molecular flexibility index (Phi) is 3.26. The van der Waals surface area contributed by atoms with Crippen LogP contribution in [0, 0.1) is 5.92 Å². The summed E-state index contributed by atoms with van der Waals surface area (Å²) in [7, 11) is 0. The standard InChI is InChI=1S/C12H11NO4S2/c14-11(10-3-9-8(19-10)1-2-18-9)13-7-5-17-4-6(7)12(15)16/h1-3,6-7H,4-5H2,(H,13,14)(H,15,16). The van der Waals surface area contributed by atoms with Crippen LogP contribution in [0.5, 0.6) is 0 Å². The predicted molar refractivity (Wildman–Crippen MR) is 72.9 cm³/mol. The molecule has 3 rings (SSSR count). The number of carboxylic acid groups (broad SMARTS) is 1. The molecule has 0 saturated carbocycles. The SMILES string of the molecule is O=C(NC1COCC1C(=O)O)c1cc2sccc2s1. The predicted octanol–water partition coefficient (Wildman–Crippen LogP) is 1.79. The molecule has 5 nitrogen and oxygen atoms in total. The topological polar surface area (TPSA) is 75.6 Å². The van der Waals surface area contributed by atoms with E-state index < -0.39 is 17.9 Å². The number of amides is 1. The molecule has 1 amide bonds. The first-order chi connectivity index (χ1) is 9.15. The number of aliphatic carboxylic acids is 1. The van der Waals surface area contributed by atoms with Crippen LogP contribution in [-0.2, 0) is 9.53 Å². The molecule has 2 N–H and O–H groups in total. The van der Waals surface area contributed by atoms with Gasteiger partial charge in [0, 0.05) is 9.40 Å². The zero-order chi connectivity index (χ0) is 13.4. The summed E-state index contributed by atoms with van der Waals surface area (Å²) < 4.78 is 7.27. The average Bonchev–Trinajstić information content (AvgIpc) is 3.01. The van der Waals surface area contributed by atoms with Crippen molar-refractivity contribution in [2.24, 2.45) is 5.92 Å². The third-order valence-electron chi connectivity index (χ3n) is 3.08. The van der Waals surface area contributed by atoms with Crippen LogP contribution in [0.4, 0.5) is 0 Å². The number of thiophene rings is 2. The highest BCUT2D eigenvalue weighted by Gasteiger charge is 2.35. The molecule has 19 heavy (non-hydrogen) atoms. The molecule has 3 heterocycles. The van der Waals surface area contributed by atoms with E-state index in [4.69, 9.17) is 9.84 Å². The number of ether oxygens (including phenoxy) is 1. The number of hydrogen-bond acceptors (Lipinski definition) is 5. The number of carbonyl (C=O) groups is 2. The molecule has 2 aromatic rings. The maximum Gasteiger partial charge on any atom is 0.311 e. The second kappa shape index (κ2) is 4.92. The Morgan fingerprint density at radius 3 is 2.95 bits per heavy atom. The first-order valence-electron chi connectivity index (χ1n) is 5.73. The van der Waals surface area contributed by atoms with E-state index in [-0.39, 0.29) is 19.1 Å². The lowest BCUT2D eigenvalue weighted by molar-refractivity contribution is -0.142. The van der Waals surface area contributed by atoms with Crippen LogP contribution in [-0.4, -0.2) is 36.2 Å². The molecule has 0 spiro atoms. The van der Waals surface area contributed by atoms with Gasteiger partial charge in [0.2, 0.25) is 0 Å². The Morgan fingerprint density at radius 2 is 2.21 bits per heavy atom. The Balaban J connectivity index is 1.74. The summed E-state index contributed by atoms with van der Waals surface area (Å²) in [6, 6.07) is 3.36. The highest BCUT2D eigenvalue weighted by molar-refractivity contribution is 7.27. The van der Waals surface area contributed by atoms with E-state index in [1.165, 1.54) is 11.3 Å². The van der Waals surface area contributed by atoms with Crippen LogP contribution in [0.2, 0.25) is 0 Å². The molecule has 2 aromatic heterocycles. The molecule has 2 atom stereocenters. The van der Waals surface area contributed by atoms with Gasteiger partial charge in [0.15, 0.2) is 0 Å². The lowest BCUT2D eigenvalue weighted by atomic mass is 10.0. The fourth-order valence-corrected chi connectivity index (χ4v) is 4.07. The minimum Gasteiger partial charge on any atom is -0.481 e. The smallest absolute Gasteiger partial charge is 0.311 e. The van der Waals surface area contributed by atoms with Crippen LogP contribution in [0.25, 0.3) is 9.40 Å². The Morgan fingerprint density at radius 1 is 1.37 bits per heavy atom. The van der Waals surface area contributed by atoms with Gasteiger partial charge in [0.25, 0.3) is 5.91 Å². The van der Waals surface area contributed by atoms with Crippen molar-refractivity contribution in [3.8, 4) is 0 Å². The second-order valence-corrected chi connectivity index (χ2v) is 6.35. The quantitative estimate of drug-likeness (QED) is 0.905. The summed E-state index contributed by atoms with van der Waals surface area (Å²) in [4.78, 5) is 23.7. The van der Waals surface area contributed by atoms with Crippen molar-refractivity contribution in [2.75, 3.05) is 13.2 Å². The van der Waals surface area contributed by atoms with E-state index in [9.17, 15) is 9.59 Å². The number of nitrogens with one attached hydrogen (secondary N) is 1. The molecule has 1 fully saturated rings. The third kappa shape index (κ3) is 2.36. The molecule has 0 radical (unpaired) electrons. The molecule has 100 valence electrons. The molecule has 1 aliphatic heterocycles. The molecule has 0 bridgehead atoms. The molecule has 0 aromatic carbocycles. The largest absolute Gasteiger partial charge is 0.481 e. The van der Waals surface area contributed by atoms with Crippen molar-refractivity contribution in [2.45, 2.75) is 6.04 Å². The molecular formula is C12H11NO4S2. The maximum atomic E-state index is 12.1. The summed E-state index contributed by atoms with van der Waals surface area (Å²) in [5, 5.41) is 13.7. The normalized spacial score (nSPS) is 22.7. The fraction of sp³-hybridized carbons (Fsp3) is 0.333. The monoisotopic (exact) mass is 297 g/mol. The van der Waals surface area contributed by atoms with Gasteiger partial charge in [-0.3, -0.25) is 9.59 Å². The van der Waals surface area contributed by atoms with E-state index in [0.29, 0.717) is 4.88 Å². The molecule has 1 aliphatic rings. The number of carbonyl (C=O) groups excluding carboxylic acids is 1. The summed E-state index contributed by atoms with van der Waals surface area (Å²) >= 11 is 3.00. The first-order valence-corrected chi connectivity index (χ1v) is 7.43. The minimum absolute atomic E-state index is 0.153. The number of rotatable bonds is 3. The molecule has 0 aliphatic carbocycles. The van der Waals surface area contributed by atoms with Crippen LogP contribution in [0.1, 0.15) is 9.67 Å². The lowest BCUT2D eigenvalue weighted by Crippen LogP contribution is -2.42. The van der Waals surface area contributed by atoms with Gasteiger partial charge in [0.1, 0.15) is 5.92 Å². The van der Waals surface area contributed by atoms with Gasteiger partial charge in [-0.25, -0.2) is 0 Å². The Labute approximate surface area is 116 Å². The van der Waals surface area contributed by atoms with E-state index in [1.54, 1.807) is 11.3 Å². The summed E-state index contributed by atoms with van der Waals surface area (Å²) in [6.45, 7) is 0.405. The van der Waals surface area contributed by atoms with Crippen LogP contribution in [0.3, 0.4) is 0 Å². The Hall–Kier alpha value is -1.44. The summed E-state index contributed by atoms with van der Waals surface area (Å²) in [5.74, 6) is -1.82. The van der Waals surface area contributed by atoms with Crippen molar-refractivity contribution in [3.63, 3.8) is 0 Å². The van der Waals surface area contributed by atoms with Gasteiger partial charge >= 0.3 is 5.97 Å². The number of fused-ring (bicyclic) bond motifs is 1. The van der Waals surface area contributed by atoms with Gasteiger partial charge in [-0.15, -0.1) is 22.7 Å². The van der Waals surface area contributed by atoms with Gasteiger partial charge in [-0.2, -0.15) is 0 Å². The Bertz CT molecular complexity index is 604. The van der Waals surface area contributed by atoms with Gasteiger partial charge < -0.3 is 15.2 Å². The lowest BCUT2D eigenvalue weighted by Gasteiger charge is -2.14. The summed E-state index contributed by atoms with van der Waals surface area (Å²) in [6.07, 6.45) is 0. The first kappa shape index (κ1) is 12.6. The zero-order valence-corrected chi connectivity index (χ0v) is 11.4. The van der Waals surface area contributed by atoms with Crippen LogP contribution < -0.4 is 5.32 Å². The molecule has 7 heteroatoms. The highest BCUT2D eigenvalue weighted by atomic mass is 32.1. The van der Waals surface area contributed by atoms with Crippen molar-refractivity contribution >= 4 is 43.9 Å². The van der Waals surface area contributed by atoms with Crippen LogP contribution >= 0.6 is 22.7 Å². The van der Waals surface area contributed by atoms with Gasteiger partial charge in [-0.1, -0.05) is 0 Å².